The first-order valence-electron chi connectivity index (χ1n) is 10.7. The molecule has 2 N–H and O–H groups in total. The van der Waals surface area contributed by atoms with E-state index in [0.717, 1.165) is 50.5 Å². The smallest absolute Gasteiger partial charge is 0.258 e. The lowest BCUT2D eigenvalue weighted by Gasteiger charge is -2.26. The summed E-state index contributed by atoms with van der Waals surface area (Å²) in [6, 6.07) is 12.4. The predicted octanol–water partition coefficient (Wildman–Crippen LogP) is 4.13. The third kappa shape index (κ3) is 5.40. The minimum absolute atomic E-state index is 0.0201. The van der Waals surface area contributed by atoms with E-state index in [0.29, 0.717) is 0 Å². The number of fused-ring (bicyclic) bond motifs is 1. The quantitative estimate of drug-likeness (QED) is 0.647. The lowest BCUT2D eigenvalue weighted by Crippen LogP contribution is -2.34. The first-order valence-corrected chi connectivity index (χ1v) is 12.6. The van der Waals surface area contributed by atoms with Crippen molar-refractivity contribution in [2.24, 2.45) is 0 Å². The van der Waals surface area contributed by atoms with Gasteiger partial charge in [0.1, 0.15) is 5.75 Å². The molecule has 31 heavy (non-hydrogen) atoms. The van der Waals surface area contributed by atoms with Crippen LogP contribution in [0.1, 0.15) is 55.7 Å². The molecule has 1 fully saturated rings. The number of carbonyl (C=O) groups is 1. The third-order valence-electron chi connectivity index (χ3n) is 5.95. The highest BCUT2D eigenvalue weighted by Crippen LogP contribution is 2.30. The molecule has 0 unspecified atom stereocenters. The zero-order chi connectivity index (χ0) is 21.8. The monoisotopic (exact) mass is 462 g/mol. The van der Waals surface area contributed by atoms with Gasteiger partial charge in [0, 0.05) is 6.04 Å². The van der Waals surface area contributed by atoms with E-state index in [2.05, 4.69) is 22.2 Å². The molecule has 0 radical (unpaired) electrons. The minimum atomic E-state index is -3.63. The molecule has 6 nitrogen and oxygen atoms in total. The summed E-state index contributed by atoms with van der Waals surface area (Å²) in [5, 5.41) is 3.19. The van der Waals surface area contributed by atoms with E-state index >= 15 is 0 Å². The Kier molecular flexibility index (Phi) is 6.84. The summed E-state index contributed by atoms with van der Waals surface area (Å²) >= 11 is 6.25. The predicted molar refractivity (Wildman–Crippen MR) is 120 cm³/mol. The van der Waals surface area contributed by atoms with Gasteiger partial charge >= 0.3 is 0 Å². The summed E-state index contributed by atoms with van der Waals surface area (Å²) in [5.41, 5.74) is 2.43. The van der Waals surface area contributed by atoms with Gasteiger partial charge in [-0.25, -0.2) is 13.1 Å². The average molecular weight is 463 g/mol. The van der Waals surface area contributed by atoms with Gasteiger partial charge < -0.3 is 10.1 Å². The Labute approximate surface area is 188 Å². The van der Waals surface area contributed by atoms with Crippen LogP contribution in [-0.2, 0) is 21.2 Å². The first-order chi connectivity index (χ1) is 14.9. The zero-order valence-electron chi connectivity index (χ0n) is 17.3. The molecule has 0 aromatic heterocycles. The first kappa shape index (κ1) is 22.1. The zero-order valence-corrected chi connectivity index (χ0v) is 18.8. The summed E-state index contributed by atoms with van der Waals surface area (Å²) < 4.78 is 33.4. The topological polar surface area (TPSA) is 84.5 Å². The summed E-state index contributed by atoms with van der Waals surface area (Å²) in [7, 11) is -3.63. The fraction of sp³-hybridized carbons (Fsp3) is 0.435. The number of halogens is 1. The maximum Gasteiger partial charge on any atom is 0.258 e. The van der Waals surface area contributed by atoms with Crippen molar-refractivity contribution < 1.29 is 17.9 Å². The largest absolute Gasteiger partial charge is 0.482 e. The van der Waals surface area contributed by atoms with Gasteiger partial charge in [-0.15, -0.1) is 0 Å². The maximum absolute atomic E-state index is 12.6. The van der Waals surface area contributed by atoms with Gasteiger partial charge in [-0.05, 0) is 61.4 Å². The molecule has 0 saturated heterocycles. The molecule has 1 saturated carbocycles. The summed E-state index contributed by atoms with van der Waals surface area (Å²) in [4.78, 5) is 12.5. The van der Waals surface area contributed by atoms with Crippen LogP contribution in [0.5, 0.6) is 5.75 Å². The number of ether oxygens (including phenoxy) is 1. The van der Waals surface area contributed by atoms with Crippen molar-refractivity contribution in [1.82, 2.24) is 10.0 Å². The van der Waals surface area contributed by atoms with Crippen molar-refractivity contribution in [3.63, 3.8) is 0 Å². The van der Waals surface area contributed by atoms with Gasteiger partial charge in [-0.1, -0.05) is 48.7 Å². The molecule has 2 aromatic rings. The fourth-order valence-corrected chi connectivity index (χ4v) is 6.01. The molecule has 4 rings (SSSR count). The number of hydrogen-bond acceptors (Lipinski definition) is 4. The van der Waals surface area contributed by atoms with Crippen molar-refractivity contribution in [1.29, 1.82) is 0 Å². The van der Waals surface area contributed by atoms with Crippen LogP contribution in [-0.4, -0.2) is 27.0 Å². The Hall–Kier alpha value is -2.09. The summed E-state index contributed by atoms with van der Waals surface area (Å²) in [6.45, 7) is -0.190. The molecule has 166 valence electrons. The van der Waals surface area contributed by atoms with Gasteiger partial charge in [0.25, 0.3) is 5.91 Å². The van der Waals surface area contributed by atoms with Gasteiger partial charge in [0.15, 0.2) is 6.61 Å². The Bertz CT molecular complexity index is 1050. The Morgan fingerprint density at radius 3 is 2.61 bits per heavy atom. The van der Waals surface area contributed by atoms with Crippen LogP contribution in [0, 0.1) is 0 Å². The molecule has 2 aromatic carbocycles. The fourth-order valence-electron chi connectivity index (χ4n) is 4.38. The maximum atomic E-state index is 12.6. The minimum Gasteiger partial charge on any atom is -0.482 e. The molecule has 2 aliphatic carbocycles. The van der Waals surface area contributed by atoms with E-state index in [4.69, 9.17) is 16.3 Å². The molecule has 8 heteroatoms. The second-order valence-electron chi connectivity index (χ2n) is 8.19. The normalized spacial score (nSPS) is 19.1. The number of amides is 1. The second-order valence-corrected chi connectivity index (χ2v) is 10.3. The van der Waals surface area contributed by atoms with Crippen LogP contribution >= 0.6 is 11.6 Å². The van der Waals surface area contributed by atoms with Gasteiger partial charge in [-0.2, -0.15) is 0 Å². The van der Waals surface area contributed by atoms with Gasteiger partial charge in [-0.3, -0.25) is 4.79 Å². The van der Waals surface area contributed by atoms with Crippen molar-refractivity contribution in [2.45, 2.75) is 61.9 Å². The molecular weight excluding hydrogens is 436 g/mol. The van der Waals surface area contributed by atoms with E-state index < -0.39 is 10.0 Å². The van der Waals surface area contributed by atoms with Crippen LogP contribution in [0.3, 0.4) is 0 Å². The average Bonchev–Trinajstić information content (AvgIpc) is 3.25. The third-order valence-corrected chi connectivity index (χ3v) is 7.77. The Balaban J connectivity index is 1.35. The van der Waals surface area contributed by atoms with E-state index in [1.54, 1.807) is 0 Å². The highest BCUT2D eigenvalue weighted by molar-refractivity contribution is 7.89. The standard InChI is InChI=1S/C23H27ClN2O4S/c24-20-14-18(31(28,29)26-17-8-2-3-9-17)12-13-22(20)30-15-23(27)25-21-11-5-7-16-6-1-4-10-19(16)21/h1,4,6,10,12-14,17,21,26H,2-3,5,7-9,11,15H2,(H,25,27)/t21-/m0/s1. The number of carbonyl (C=O) groups excluding carboxylic acids is 1. The lowest BCUT2D eigenvalue weighted by atomic mass is 9.88. The van der Waals surface area contributed by atoms with E-state index in [9.17, 15) is 13.2 Å². The highest BCUT2D eigenvalue weighted by atomic mass is 35.5. The molecule has 0 aliphatic heterocycles. The van der Waals surface area contributed by atoms with Crippen LogP contribution < -0.4 is 14.8 Å². The van der Waals surface area contributed by atoms with Crippen LogP contribution in [0.15, 0.2) is 47.4 Å². The molecule has 2 aliphatic rings. The van der Waals surface area contributed by atoms with E-state index in [1.165, 1.54) is 23.8 Å². The second kappa shape index (κ2) is 9.59. The molecule has 0 spiro atoms. The highest BCUT2D eigenvalue weighted by Gasteiger charge is 2.24. The molecule has 1 amide bonds. The summed E-state index contributed by atoms with van der Waals surface area (Å²) in [5.74, 6) is 0.0399. The number of aryl methyl sites for hydroxylation is 1. The van der Waals surface area contributed by atoms with E-state index in [1.807, 2.05) is 12.1 Å². The van der Waals surface area contributed by atoms with Crippen LogP contribution in [0.25, 0.3) is 0 Å². The molecule has 0 heterocycles. The lowest BCUT2D eigenvalue weighted by molar-refractivity contribution is -0.123. The number of nitrogens with one attached hydrogen (secondary N) is 2. The number of rotatable bonds is 7. The molecule has 0 bridgehead atoms. The van der Waals surface area contributed by atoms with Crippen molar-refractivity contribution in [3.05, 3.63) is 58.6 Å². The molecular formula is C23H27ClN2O4S. The van der Waals surface area contributed by atoms with Gasteiger partial charge in [0.05, 0.1) is 16.0 Å². The van der Waals surface area contributed by atoms with E-state index in [-0.39, 0.29) is 40.3 Å². The Morgan fingerprint density at radius 2 is 1.84 bits per heavy atom. The SMILES string of the molecule is O=C(COc1ccc(S(=O)(=O)NC2CCCC2)cc1Cl)N[C@H]1CCCc2ccccc21. The van der Waals surface area contributed by atoms with Crippen LogP contribution in [0.4, 0.5) is 0 Å². The number of sulfonamides is 1. The van der Waals surface area contributed by atoms with Crippen molar-refractivity contribution >= 4 is 27.5 Å². The van der Waals surface area contributed by atoms with Gasteiger partial charge in [0.2, 0.25) is 10.0 Å². The molecule has 1 atom stereocenters. The van der Waals surface area contributed by atoms with Crippen molar-refractivity contribution in [2.75, 3.05) is 6.61 Å². The number of hydrogen-bond donors (Lipinski definition) is 2. The van der Waals surface area contributed by atoms with Crippen molar-refractivity contribution in [3.8, 4) is 5.75 Å². The number of benzene rings is 2. The van der Waals surface area contributed by atoms with Crippen LogP contribution in [0.2, 0.25) is 5.02 Å². The summed E-state index contributed by atoms with van der Waals surface area (Å²) in [6.07, 6.45) is 6.73. The Morgan fingerprint density at radius 1 is 1.06 bits per heavy atom.